The minimum atomic E-state index is 0.0249. The van der Waals surface area contributed by atoms with Gasteiger partial charge in [-0.2, -0.15) is 0 Å². The van der Waals surface area contributed by atoms with E-state index in [1.165, 1.54) is 5.56 Å². The Balaban J connectivity index is 2.58. The second kappa shape index (κ2) is 3.74. The van der Waals surface area contributed by atoms with Gasteiger partial charge >= 0.3 is 0 Å². The van der Waals surface area contributed by atoms with Gasteiger partial charge < -0.3 is 15.2 Å². The van der Waals surface area contributed by atoms with Crippen LogP contribution in [0.1, 0.15) is 43.9 Å². The van der Waals surface area contributed by atoms with E-state index in [2.05, 4.69) is 13.8 Å². The molecular weight excluding hydrogens is 190 g/mol. The van der Waals surface area contributed by atoms with Crippen LogP contribution in [-0.4, -0.2) is 6.79 Å². The van der Waals surface area contributed by atoms with Crippen molar-refractivity contribution < 1.29 is 9.47 Å². The molecule has 0 bridgehead atoms. The number of benzene rings is 1. The molecule has 1 heterocycles. The van der Waals surface area contributed by atoms with Crippen molar-refractivity contribution in [1.29, 1.82) is 0 Å². The Morgan fingerprint density at radius 1 is 1.20 bits per heavy atom. The van der Waals surface area contributed by atoms with E-state index in [-0.39, 0.29) is 6.04 Å². The van der Waals surface area contributed by atoms with Crippen LogP contribution in [0.3, 0.4) is 0 Å². The minimum Gasteiger partial charge on any atom is -0.454 e. The predicted molar refractivity (Wildman–Crippen MR) is 59.3 cm³/mol. The number of nitrogens with two attached hydrogens (primary N) is 1. The van der Waals surface area contributed by atoms with Crippen LogP contribution in [0, 0.1) is 0 Å². The van der Waals surface area contributed by atoms with Gasteiger partial charge in [-0.25, -0.2) is 0 Å². The molecule has 1 aliphatic rings. The van der Waals surface area contributed by atoms with Crippen LogP contribution in [0.2, 0.25) is 0 Å². The molecule has 1 aromatic rings. The molecule has 2 rings (SSSR count). The molecule has 1 aromatic carbocycles. The van der Waals surface area contributed by atoms with Gasteiger partial charge in [-0.3, -0.25) is 0 Å². The summed E-state index contributed by atoms with van der Waals surface area (Å²) in [5, 5.41) is 0. The molecule has 0 radical (unpaired) electrons. The maximum atomic E-state index is 5.95. The lowest BCUT2D eigenvalue weighted by atomic mass is 9.92. The average molecular weight is 207 g/mol. The van der Waals surface area contributed by atoms with E-state index < -0.39 is 0 Å². The fourth-order valence-corrected chi connectivity index (χ4v) is 2.00. The number of hydrogen-bond donors (Lipinski definition) is 1. The molecule has 1 aliphatic heterocycles. The van der Waals surface area contributed by atoms with Gasteiger partial charge in [0.1, 0.15) is 0 Å². The van der Waals surface area contributed by atoms with E-state index in [0.29, 0.717) is 12.7 Å². The van der Waals surface area contributed by atoms with E-state index in [4.69, 9.17) is 15.2 Å². The zero-order valence-electron chi connectivity index (χ0n) is 9.41. The monoisotopic (exact) mass is 207 g/mol. The standard InChI is InChI=1S/C12H17NO2/c1-7(2)11-9(8(3)13)4-5-10-12(11)15-6-14-10/h4-5,7-8H,6,13H2,1-3H3. The van der Waals surface area contributed by atoms with Crippen LogP contribution in [0.15, 0.2) is 12.1 Å². The zero-order valence-corrected chi connectivity index (χ0v) is 9.41. The molecule has 0 fully saturated rings. The third kappa shape index (κ3) is 1.67. The van der Waals surface area contributed by atoms with Crippen molar-refractivity contribution in [2.45, 2.75) is 32.7 Å². The smallest absolute Gasteiger partial charge is 0.231 e. The lowest BCUT2D eigenvalue weighted by Crippen LogP contribution is -2.09. The number of ether oxygens (including phenoxy) is 2. The van der Waals surface area contributed by atoms with Crippen molar-refractivity contribution in [2.24, 2.45) is 5.73 Å². The summed E-state index contributed by atoms with van der Waals surface area (Å²) in [6.45, 7) is 6.59. The van der Waals surface area contributed by atoms with Crippen LogP contribution in [-0.2, 0) is 0 Å². The van der Waals surface area contributed by atoms with E-state index >= 15 is 0 Å². The fourth-order valence-electron chi connectivity index (χ4n) is 2.00. The summed E-state index contributed by atoms with van der Waals surface area (Å²) in [4.78, 5) is 0. The molecule has 3 nitrogen and oxygen atoms in total. The average Bonchev–Trinajstić information content (AvgIpc) is 2.62. The van der Waals surface area contributed by atoms with Crippen molar-refractivity contribution in [3.05, 3.63) is 23.3 Å². The first kappa shape index (κ1) is 10.3. The first-order valence-electron chi connectivity index (χ1n) is 5.29. The van der Waals surface area contributed by atoms with Crippen LogP contribution in [0.4, 0.5) is 0 Å². The third-order valence-electron chi connectivity index (χ3n) is 2.68. The second-order valence-electron chi connectivity index (χ2n) is 4.25. The normalized spacial score (nSPS) is 15.8. The van der Waals surface area contributed by atoms with Gasteiger partial charge in [0.05, 0.1) is 0 Å². The summed E-state index contributed by atoms with van der Waals surface area (Å²) in [6.07, 6.45) is 0. The maximum absolute atomic E-state index is 5.95. The molecule has 15 heavy (non-hydrogen) atoms. The largest absolute Gasteiger partial charge is 0.454 e. The van der Waals surface area contributed by atoms with Crippen LogP contribution < -0.4 is 15.2 Å². The molecule has 0 saturated carbocycles. The highest BCUT2D eigenvalue weighted by molar-refractivity contribution is 5.54. The maximum Gasteiger partial charge on any atom is 0.231 e. The Kier molecular flexibility index (Phi) is 2.57. The quantitative estimate of drug-likeness (QED) is 0.810. The molecule has 0 aromatic heterocycles. The van der Waals surface area contributed by atoms with Gasteiger partial charge in [0.2, 0.25) is 6.79 Å². The number of hydrogen-bond acceptors (Lipinski definition) is 3. The summed E-state index contributed by atoms with van der Waals surface area (Å²) >= 11 is 0. The topological polar surface area (TPSA) is 44.5 Å². The van der Waals surface area contributed by atoms with Crippen molar-refractivity contribution in [1.82, 2.24) is 0 Å². The molecule has 2 N–H and O–H groups in total. The van der Waals surface area contributed by atoms with Gasteiger partial charge in [-0.1, -0.05) is 19.9 Å². The van der Waals surface area contributed by atoms with E-state index in [1.54, 1.807) is 0 Å². The highest BCUT2D eigenvalue weighted by atomic mass is 16.7. The molecule has 0 aliphatic carbocycles. The molecule has 82 valence electrons. The van der Waals surface area contributed by atoms with Crippen LogP contribution >= 0.6 is 0 Å². The Morgan fingerprint density at radius 2 is 1.93 bits per heavy atom. The Morgan fingerprint density at radius 3 is 2.53 bits per heavy atom. The highest BCUT2D eigenvalue weighted by Gasteiger charge is 2.23. The first-order valence-corrected chi connectivity index (χ1v) is 5.29. The van der Waals surface area contributed by atoms with Crippen LogP contribution in [0.25, 0.3) is 0 Å². The minimum absolute atomic E-state index is 0.0249. The van der Waals surface area contributed by atoms with E-state index in [0.717, 1.165) is 17.1 Å². The first-order chi connectivity index (χ1) is 7.11. The Bertz CT molecular complexity index is 372. The number of rotatable bonds is 2. The van der Waals surface area contributed by atoms with Crippen molar-refractivity contribution >= 4 is 0 Å². The van der Waals surface area contributed by atoms with Gasteiger partial charge in [0, 0.05) is 11.6 Å². The second-order valence-corrected chi connectivity index (χ2v) is 4.25. The lowest BCUT2D eigenvalue weighted by molar-refractivity contribution is 0.173. The summed E-state index contributed by atoms with van der Waals surface area (Å²) in [7, 11) is 0. The molecule has 3 heteroatoms. The fraction of sp³-hybridized carbons (Fsp3) is 0.500. The highest BCUT2D eigenvalue weighted by Crippen LogP contribution is 2.42. The summed E-state index contributed by atoms with van der Waals surface area (Å²) in [5.74, 6) is 2.10. The van der Waals surface area contributed by atoms with Gasteiger partial charge in [0.15, 0.2) is 11.5 Å². The van der Waals surface area contributed by atoms with Gasteiger partial charge in [0.25, 0.3) is 0 Å². The lowest BCUT2D eigenvalue weighted by Gasteiger charge is -2.17. The molecule has 0 saturated heterocycles. The Labute approximate surface area is 90.2 Å². The molecule has 0 spiro atoms. The third-order valence-corrected chi connectivity index (χ3v) is 2.68. The summed E-state index contributed by atoms with van der Waals surface area (Å²) in [5.41, 5.74) is 8.28. The Hall–Kier alpha value is -1.22. The van der Waals surface area contributed by atoms with E-state index in [1.807, 2.05) is 19.1 Å². The van der Waals surface area contributed by atoms with E-state index in [9.17, 15) is 0 Å². The molecular formula is C12H17NO2. The SMILES string of the molecule is CC(C)c1c(C(C)N)ccc2c1OCO2. The van der Waals surface area contributed by atoms with Crippen LogP contribution in [0.5, 0.6) is 11.5 Å². The van der Waals surface area contributed by atoms with Gasteiger partial charge in [-0.05, 0) is 24.5 Å². The van der Waals surface area contributed by atoms with Gasteiger partial charge in [-0.15, -0.1) is 0 Å². The predicted octanol–water partition coefficient (Wildman–Crippen LogP) is 2.56. The zero-order chi connectivity index (χ0) is 11.0. The van der Waals surface area contributed by atoms with Crippen molar-refractivity contribution in [2.75, 3.05) is 6.79 Å². The molecule has 0 amide bonds. The number of fused-ring (bicyclic) bond motifs is 1. The van der Waals surface area contributed by atoms with Crippen molar-refractivity contribution in [3.8, 4) is 11.5 Å². The summed E-state index contributed by atoms with van der Waals surface area (Å²) in [6, 6.07) is 4.00. The summed E-state index contributed by atoms with van der Waals surface area (Å²) < 4.78 is 10.9. The molecule has 1 unspecified atom stereocenters. The van der Waals surface area contributed by atoms with Crippen molar-refractivity contribution in [3.63, 3.8) is 0 Å². The molecule has 1 atom stereocenters.